The lowest BCUT2D eigenvalue weighted by atomic mass is 10.0. The highest BCUT2D eigenvalue weighted by Crippen LogP contribution is 2.26. The summed E-state index contributed by atoms with van der Waals surface area (Å²) in [5.41, 5.74) is 3.01. The highest BCUT2D eigenvalue weighted by molar-refractivity contribution is 5.97. The predicted molar refractivity (Wildman–Crippen MR) is 112 cm³/mol. The van der Waals surface area contributed by atoms with Crippen molar-refractivity contribution >= 4 is 5.91 Å². The van der Waals surface area contributed by atoms with E-state index in [0.29, 0.717) is 13.2 Å². The maximum Gasteiger partial charge on any atom is 0.263 e. The van der Waals surface area contributed by atoms with Crippen LogP contribution < -0.4 is 20.1 Å². The molecule has 0 aliphatic rings. The average Bonchev–Trinajstić information content (AvgIpc) is 2.74. The molecule has 2 aromatic carbocycles. The first-order valence-electron chi connectivity index (χ1n) is 9.49. The van der Waals surface area contributed by atoms with Gasteiger partial charge in [0.15, 0.2) is 0 Å². The van der Waals surface area contributed by atoms with Crippen LogP contribution in [0.5, 0.6) is 11.5 Å². The smallest absolute Gasteiger partial charge is 0.263 e. The van der Waals surface area contributed by atoms with Crippen LogP contribution in [-0.4, -0.2) is 19.6 Å². The van der Waals surface area contributed by atoms with E-state index in [-0.39, 0.29) is 11.6 Å². The minimum absolute atomic E-state index is 0.0102. The molecule has 6 nitrogen and oxygen atoms in total. The maximum atomic E-state index is 12.4. The average molecular weight is 393 g/mol. The van der Waals surface area contributed by atoms with Crippen LogP contribution in [0, 0.1) is 18.3 Å². The molecule has 0 saturated heterocycles. The summed E-state index contributed by atoms with van der Waals surface area (Å²) >= 11 is 0. The molecule has 0 aromatic heterocycles. The number of methoxy groups -OCH3 is 1. The summed E-state index contributed by atoms with van der Waals surface area (Å²) in [6.07, 6.45) is 1.45. The Labute approximate surface area is 172 Å². The summed E-state index contributed by atoms with van der Waals surface area (Å²) in [5.74, 6) is 1.10. The normalized spacial score (nSPS) is 11.9. The van der Waals surface area contributed by atoms with Crippen molar-refractivity contribution < 1.29 is 14.3 Å². The molecule has 6 heteroatoms. The summed E-state index contributed by atoms with van der Waals surface area (Å²) in [5, 5.41) is 15.3. The van der Waals surface area contributed by atoms with Crippen LogP contribution >= 0.6 is 0 Å². The number of nitrogens with zero attached hydrogens (tertiary/aromatic N) is 1. The van der Waals surface area contributed by atoms with Crippen molar-refractivity contribution in [1.29, 1.82) is 5.26 Å². The van der Waals surface area contributed by atoms with Crippen LogP contribution in [-0.2, 0) is 11.3 Å². The number of carbonyl (C=O) groups is 1. The first-order chi connectivity index (χ1) is 14.0. The SMILES string of the molecule is CCOc1ccc(C)cc1C(C)N/C=C(/C#N)C(=O)NCc1ccc(OC)cc1. The van der Waals surface area contributed by atoms with Crippen molar-refractivity contribution in [2.75, 3.05) is 13.7 Å². The van der Waals surface area contributed by atoms with Gasteiger partial charge in [-0.1, -0.05) is 29.8 Å². The number of benzene rings is 2. The third kappa shape index (κ3) is 6.28. The van der Waals surface area contributed by atoms with Crippen LogP contribution in [0.3, 0.4) is 0 Å². The molecule has 2 aromatic rings. The van der Waals surface area contributed by atoms with Crippen LogP contribution in [0.4, 0.5) is 0 Å². The zero-order valence-corrected chi connectivity index (χ0v) is 17.3. The van der Waals surface area contributed by atoms with E-state index in [1.807, 2.05) is 69.3 Å². The maximum absolute atomic E-state index is 12.4. The Morgan fingerprint density at radius 3 is 2.59 bits per heavy atom. The van der Waals surface area contributed by atoms with Crippen molar-refractivity contribution in [1.82, 2.24) is 10.6 Å². The minimum atomic E-state index is -0.433. The fourth-order valence-electron chi connectivity index (χ4n) is 2.76. The third-order valence-corrected chi connectivity index (χ3v) is 4.39. The van der Waals surface area contributed by atoms with E-state index in [1.54, 1.807) is 7.11 Å². The summed E-state index contributed by atoms with van der Waals surface area (Å²) < 4.78 is 10.8. The fraction of sp³-hybridized carbons (Fsp3) is 0.304. The standard InChI is InChI=1S/C23H27N3O3/c1-5-29-22-11-6-16(2)12-21(22)17(3)25-15-19(13-24)23(27)26-14-18-7-9-20(28-4)10-8-18/h6-12,15,17,25H,5,14H2,1-4H3,(H,26,27)/b19-15-. The number of aryl methyl sites for hydroxylation is 1. The fourth-order valence-corrected chi connectivity index (χ4v) is 2.76. The Kier molecular flexibility index (Phi) is 8.11. The van der Waals surface area contributed by atoms with E-state index in [1.165, 1.54) is 6.20 Å². The molecule has 1 unspecified atom stereocenters. The lowest BCUT2D eigenvalue weighted by molar-refractivity contribution is -0.117. The summed E-state index contributed by atoms with van der Waals surface area (Å²) in [6.45, 7) is 6.79. The lowest BCUT2D eigenvalue weighted by Gasteiger charge is -2.18. The molecule has 1 atom stereocenters. The monoisotopic (exact) mass is 393 g/mol. The van der Waals surface area contributed by atoms with Crippen molar-refractivity contribution in [3.8, 4) is 17.6 Å². The molecule has 0 radical (unpaired) electrons. The third-order valence-electron chi connectivity index (χ3n) is 4.39. The van der Waals surface area contributed by atoms with Gasteiger partial charge in [0, 0.05) is 18.3 Å². The van der Waals surface area contributed by atoms with Gasteiger partial charge in [0.2, 0.25) is 0 Å². The topological polar surface area (TPSA) is 83.4 Å². The summed E-state index contributed by atoms with van der Waals surface area (Å²) in [6, 6.07) is 15.1. The molecule has 0 spiro atoms. The highest BCUT2D eigenvalue weighted by Gasteiger charge is 2.13. The molecule has 0 bridgehead atoms. The predicted octanol–water partition coefficient (Wildman–Crippen LogP) is 3.78. The van der Waals surface area contributed by atoms with E-state index in [4.69, 9.17) is 9.47 Å². The molecule has 29 heavy (non-hydrogen) atoms. The van der Waals surface area contributed by atoms with E-state index >= 15 is 0 Å². The van der Waals surface area contributed by atoms with Crippen molar-refractivity contribution in [3.63, 3.8) is 0 Å². The molecule has 2 N–H and O–H groups in total. The van der Waals surface area contributed by atoms with Crippen LogP contribution in [0.15, 0.2) is 54.2 Å². The largest absolute Gasteiger partial charge is 0.497 e. The molecule has 1 amide bonds. The minimum Gasteiger partial charge on any atom is -0.497 e. The van der Waals surface area contributed by atoms with E-state index in [2.05, 4.69) is 10.6 Å². The van der Waals surface area contributed by atoms with Crippen LogP contribution in [0.2, 0.25) is 0 Å². The van der Waals surface area contributed by atoms with Gasteiger partial charge in [0.1, 0.15) is 23.1 Å². The van der Waals surface area contributed by atoms with Gasteiger partial charge in [0.25, 0.3) is 5.91 Å². The Bertz CT molecular complexity index is 899. The van der Waals surface area contributed by atoms with Crippen LogP contribution in [0.1, 0.15) is 36.6 Å². The Morgan fingerprint density at radius 2 is 1.97 bits per heavy atom. The first kappa shape index (κ1) is 21.8. The van der Waals surface area contributed by atoms with Gasteiger partial charge < -0.3 is 20.1 Å². The number of carbonyl (C=O) groups excluding carboxylic acids is 1. The van der Waals surface area contributed by atoms with Gasteiger partial charge in [-0.05, 0) is 44.5 Å². The molecule has 0 saturated carbocycles. The van der Waals surface area contributed by atoms with Crippen molar-refractivity contribution in [2.24, 2.45) is 0 Å². The highest BCUT2D eigenvalue weighted by atomic mass is 16.5. The zero-order valence-electron chi connectivity index (χ0n) is 17.3. The number of ether oxygens (including phenoxy) is 2. The second-order valence-electron chi connectivity index (χ2n) is 6.56. The van der Waals surface area contributed by atoms with Gasteiger partial charge in [-0.3, -0.25) is 4.79 Å². The van der Waals surface area contributed by atoms with Gasteiger partial charge in [-0.2, -0.15) is 5.26 Å². The Morgan fingerprint density at radius 1 is 1.24 bits per heavy atom. The molecule has 0 heterocycles. The Hall–Kier alpha value is -3.46. The van der Waals surface area contributed by atoms with Gasteiger partial charge in [-0.15, -0.1) is 0 Å². The first-order valence-corrected chi connectivity index (χ1v) is 9.49. The lowest BCUT2D eigenvalue weighted by Crippen LogP contribution is -2.25. The number of hydrogen-bond donors (Lipinski definition) is 2. The zero-order chi connectivity index (χ0) is 21.2. The number of amides is 1. The molecule has 152 valence electrons. The molecule has 2 rings (SSSR count). The number of rotatable bonds is 9. The van der Waals surface area contributed by atoms with Crippen molar-refractivity contribution in [2.45, 2.75) is 33.4 Å². The number of nitrogens with one attached hydrogen (secondary N) is 2. The molecule has 0 aliphatic carbocycles. The van der Waals surface area contributed by atoms with Crippen molar-refractivity contribution in [3.05, 3.63) is 70.9 Å². The summed E-state index contributed by atoms with van der Waals surface area (Å²) in [7, 11) is 1.60. The van der Waals surface area contributed by atoms with E-state index < -0.39 is 5.91 Å². The quantitative estimate of drug-likeness (QED) is 0.500. The van der Waals surface area contributed by atoms with E-state index in [9.17, 15) is 10.1 Å². The number of hydrogen-bond acceptors (Lipinski definition) is 5. The van der Waals surface area contributed by atoms with Gasteiger partial charge in [0.05, 0.1) is 19.8 Å². The number of nitriles is 1. The summed E-state index contributed by atoms with van der Waals surface area (Å²) in [4.78, 5) is 12.4. The molecule has 0 fully saturated rings. The second kappa shape index (κ2) is 10.8. The van der Waals surface area contributed by atoms with Gasteiger partial charge in [-0.25, -0.2) is 0 Å². The van der Waals surface area contributed by atoms with Crippen LogP contribution in [0.25, 0.3) is 0 Å². The Balaban J connectivity index is 2.02. The van der Waals surface area contributed by atoms with Gasteiger partial charge >= 0.3 is 0 Å². The molecular weight excluding hydrogens is 366 g/mol. The molecule has 0 aliphatic heterocycles. The molecular formula is C23H27N3O3. The van der Waals surface area contributed by atoms with E-state index in [0.717, 1.165) is 28.2 Å². The second-order valence-corrected chi connectivity index (χ2v) is 6.56.